The van der Waals surface area contributed by atoms with Gasteiger partial charge in [-0.2, -0.15) is 5.10 Å². The van der Waals surface area contributed by atoms with Crippen molar-refractivity contribution < 1.29 is 23.7 Å². The van der Waals surface area contributed by atoms with Gasteiger partial charge in [0.15, 0.2) is 6.73 Å². The fourth-order valence-corrected chi connectivity index (χ4v) is 3.90. The second-order valence-corrected chi connectivity index (χ2v) is 8.62. The van der Waals surface area contributed by atoms with E-state index in [0.29, 0.717) is 16.3 Å². The summed E-state index contributed by atoms with van der Waals surface area (Å²) >= 11 is 1.25. The maximum atomic E-state index is 12.7. The summed E-state index contributed by atoms with van der Waals surface area (Å²) in [5.74, 6) is -0.371. The molecule has 0 bridgehead atoms. The van der Waals surface area contributed by atoms with E-state index in [-0.39, 0.29) is 17.6 Å². The van der Waals surface area contributed by atoms with Crippen molar-refractivity contribution in [2.45, 2.75) is 12.8 Å². The van der Waals surface area contributed by atoms with Crippen LogP contribution in [0.5, 0.6) is 0 Å². The number of aromatic nitrogens is 4. The zero-order valence-corrected chi connectivity index (χ0v) is 17.8. The number of hydrazine groups is 1. The fraction of sp³-hybridized carbons (Fsp3) is 0.176. The van der Waals surface area contributed by atoms with E-state index in [4.69, 9.17) is 9.79 Å². The molecule has 0 saturated heterocycles. The molecule has 4 N–H and O–H groups in total. The molecule has 14 heteroatoms. The first-order valence-corrected chi connectivity index (χ1v) is 11.3. The summed E-state index contributed by atoms with van der Waals surface area (Å²) in [6.07, 6.45) is 6.45. The molecule has 0 radical (unpaired) electrons. The Morgan fingerprint density at radius 1 is 1.42 bits per heavy atom. The van der Waals surface area contributed by atoms with Gasteiger partial charge in [-0.3, -0.25) is 14.3 Å². The molecule has 1 aliphatic heterocycles. The van der Waals surface area contributed by atoms with Gasteiger partial charge in [0.1, 0.15) is 16.7 Å². The molecule has 1 aliphatic rings. The molecule has 12 nitrogen and oxygen atoms in total. The topological polar surface area (TPSA) is 155 Å². The van der Waals surface area contributed by atoms with Gasteiger partial charge in [-0.25, -0.2) is 19.7 Å². The lowest BCUT2D eigenvalue weighted by atomic mass is 10.1. The quantitative estimate of drug-likeness (QED) is 0.376. The van der Waals surface area contributed by atoms with E-state index >= 15 is 0 Å². The molecule has 0 saturated carbocycles. The van der Waals surface area contributed by atoms with Gasteiger partial charge in [0.05, 0.1) is 17.6 Å². The molecule has 0 aliphatic carbocycles. The Bertz CT molecular complexity index is 1160. The Morgan fingerprint density at radius 2 is 2.26 bits per heavy atom. The number of thiazole rings is 1. The van der Waals surface area contributed by atoms with Crippen LogP contribution in [0.4, 0.5) is 0 Å². The van der Waals surface area contributed by atoms with E-state index in [9.17, 15) is 9.36 Å². The first-order chi connectivity index (χ1) is 14.8. The molecule has 162 valence electrons. The van der Waals surface area contributed by atoms with E-state index in [0.717, 1.165) is 5.69 Å². The average Bonchev–Trinajstić information content (AvgIpc) is 3.46. The van der Waals surface area contributed by atoms with Gasteiger partial charge in [-0.15, -0.1) is 11.3 Å². The average molecular weight is 463 g/mol. The van der Waals surface area contributed by atoms with Crippen LogP contribution in [-0.4, -0.2) is 47.5 Å². The number of phosphoric acid groups is 1. The number of amides is 1. The molecule has 0 fully saturated rings. The molecule has 1 atom stereocenters. The van der Waals surface area contributed by atoms with Crippen LogP contribution in [0, 0.1) is 0 Å². The highest BCUT2D eigenvalue weighted by Crippen LogP contribution is 2.36. The summed E-state index contributed by atoms with van der Waals surface area (Å²) in [5.41, 5.74) is 5.43. The Balaban J connectivity index is 1.44. The molecular weight excluding hydrogens is 445 g/mol. The molecule has 1 amide bonds. The van der Waals surface area contributed by atoms with Crippen LogP contribution in [-0.2, 0) is 15.8 Å². The molecule has 3 aromatic rings. The number of hydrogen-bond donors (Lipinski definition) is 4. The predicted molar refractivity (Wildman–Crippen MR) is 110 cm³/mol. The minimum Gasteiger partial charge on any atom is -0.321 e. The number of carbonyl (C=O) groups is 1. The van der Waals surface area contributed by atoms with E-state index < -0.39 is 14.6 Å². The molecule has 4 rings (SSSR count). The number of pyridine rings is 1. The number of rotatable bonds is 7. The summed E-state index contributed by atoms with van der Waals surface area (Å²) in [4.78, 5) is 39.0. The monoisotopic (exact) mass is 463 g/mol. The minimum atomic E-state index is -4.59. The standard InChI is InChI=1S/C17H18N7O5PS/c1-23-8-13(15(22-23)12-4-2-3-5-18-12)20-16(25)14-9-31-17(21-14)11-6-19-24(7-11)10-29-30(26,27)28/h2-9,15,22H,10H2,1H3,(H,20,25)(H2,26,27,28). The Hall–Kier alpha value is -2.93. The predicted octanol–water partition coefficient (Wildman–Crippen LogP) is 1.23. The first kappa shape index (κ1) is 21.3. The largest absolute Gasteiger partial charge is 0.471 e. The maximum Gasteiger partial charge on any atom is 0.471 e. The van der Waals surface area contributed by atoms with Crippen molar-refractivity contribution in [2.24, 2.45) is 0 Å². The van der Waals surface area contributed by atoms with Crippen LogP contribution in [0.25, 0.3) is 10.6 Å². The van der Waals surface area contributed by atoms with Crippen molar-refractivity contribution >= 4 is 25.1 Å². The van der Waals surface area contributed by atoms with Gasteiger partial charge in [-0.05, 0) is 12.1 Å². The molecule has 0 aromatic carbocycles. The van der Waals surface area contributed by atoms with Gasteiger partial charge in [0, 0.05) is 36.6 Å². The summed E-state index contributed by atoms with van der Waals surface area (Å²) in [5, 5.41) is 10.7. The van der Waals surface area contributed by atoms with Crippen LogP contribution < -0.4 is 10.7 Å². The van der Waals surface area contributed by atoms with Gasteiger partial charge in [0.2, 0.25) is 0 Å². The van der Waals surface area contributed by atoms with Crippen LogP contribution >= 0.6 is 19.2 Å². The van der Waals surface area contributed by atoms with Gasteiger partial charge < -0.3 is 20.1 Å². The second kappa shape index (κ2) is 8.67. The highest BCUT2D eigenvalue weighted by atomic mass is 32.1. The summed E-state index contributed by atoms with van der Waals surface area (Å²) in [6, 6.07) is 5.27. The summed E-state index contributed by atoms with van der Waals surface area (Å²) in [7, 11) is -2.77. The van der Waals surface area contributed by atoms with E-state index in [1.807, 2.05) is 25.2 Å². The van der Waals surface area contributed by atoms with Gasteiger partial charge >= 0.3 is 7.82 Å². The van der Waals surface area contributed by atoms with E-state index in [2.05, 4.69) is 30.3 Å². The third-order valence-electron chi connectivity index (χ3n) is 4.19. The van der Waals surface area contributed by atoms with Crippen LogP contribution in [0.3, 0.4) is 0 Å². The molecule has 3 aromatic heterocycles. The van der Waals surface area contributed by atoms with Crippen molar-refractivity contribution in [3.8, 4) is 10.6 Å². The van der Waals surface area contributed by atoms with Crippen LogP contribution in [0.1, 0.15) is 22.2 Å². The maximum absolute atomic E-state index is 12.7. The van der Waals surface area contributed by atoms with Gasteiger partial charge in [-0.1, -0.05) is 6.07 Å². The van der Waals surface area contributed by atoms with Gasteiger partial charge in [0.25, 0.3) is 5.91 Å². The van der Waals surface area contributed by atoms with Crippen molar-refractivity contribution in [3.63, 3.8) is 0 Å². The third kappa shape index (κ3) is 5.22. The number of hydrogen-bond acceptors (Lipinski definition) is 9. The minimum absolute atomic E-state index is 0.231. The lowest BCUT2D eigenvalue weighted by Crippen LogP contribution is -2.32. The first-order valence-electron chi connectivity index (χ1n) is 8.90. The van der Waals surface area contributed by atoms with Crippen molar-refractivity contribution in [2.75, 3.05) is 7.05 Å². The lowest BCUT2D eigenvalue weighted by Gasteiger charge is -2.16. The number of nitrogens with one attached hydrogen (secondary N) is 2. The van der Waals surface area contributed by atoms with Crippen molar-refractivity contribution in [3.05, 3.63) is 65.5 Å². The molecule has 4 heterocycles. The molecular formula is C17H18N7O5PS. The van der Waals surface area contributed by atoms with E-state index in [1.165, 1.54) is 28.4 Å². The SMILES string of the molecule is CN1C=C(NC(=O)c2csc(-c3cnn(COP(=O)(O)O)c3)n2)C(c2ccccn2)N1. The zero-order chi connectivity index (χ0) is 22.0. The third-order valence-corrected chi connectivity index (χ3v) is 5.54. The fourth-order valence-electron chi connectivity index (χ4n) is 2.85. The number of carbonyl (C=O) groups excluding carboxylic acids is 1. The second-order valence-electron chi connectivity index (χ2n) is 6.52. The summed E-state index contributed by atoms with van der Waals surface area (Å²) in [6.45, 7) is -0.410. The molecule has 1 unspecified atom stereocenters. The number of phosphoric ester groups is 1. The highest BCUT2D eigenvalue weighted by Gasteiger charge is 2.27. The van der Waals surface area contributed by atoms with Crippen molar-refractivity contribution in [1.29, 1.82) is 0 Å². The Kier molecular flexibility index (Phi) is 5.96. The zero-order valence-electron chi connectivity index (χ0n) is 16.1. The van der Waals surface area contributed by atoms with Crippen LogP contribution in [0.15, 0.2) is 54.1 Å². The van der Waals surface area contributed by atoms with Crippen LogP contribution in [0.2, 0.25) is 0 Å². The molecule has 0 spiro atoms. The van der Waals surface area contributed by atoms with Crippen molar-refractivity contribution in [1.82, 2.24) is 35.5 Å². The lowest BCUT2D eigenvalue weighted by molar-refractivity contribution is 0.0959. The molecule has 31 heavy (non-hydrogen) atoms. The smallest absolute Gasteiger partial charge is 0.321 e. The Morgan fingerprint density at radius 3 is 3.00 bits per heavy atom. The normalized spacial score (nSPS) is 16.4. The number of nitrogens with zero attached hydrogens (tertiary/aromatic N) is 5. The Labute approximate surface area is 180 Å². The van der Waals surface area contributed by atoms with E-state index in [1.54, 1.807) is 22.8 Å². The highest BCUT2D eigenvalue weighted by molar-refractivity contribution is 7.46. The summed E-state index contributed by atoms with van der Waals surface area (Å²) < 4.78 is 16.4.